The molecule has 98 valence electrons. The summed E-state index contributed by atoms with van der Waals surface area (Å²) in [4.78, 5) is 2.92. The van der Waals surface area contributed by atoms with Gasteiger partial charge < -0.3 is 0 Å². The standard InChI is InChI=1S/C15H12N4S/c1-20-15-13(9-17)11(12(8-16)14(18)19-15)7-10-5-3-2-4-6-10/h2-6H,7H2,1H3,(H2,18,19)/p+1. The average molecular weight is 281 g/mol. The molecule has 0 amide bonds. The van der Waals surface area contributed by atoms with Crippen molar-refractivity contribution in [3.8, 4) is 12.1 Å². The SMILES string of the molecule is CSc1[nH+]c(N)c(C#N)c(Cc2ccccc2)c1C#N. The summed E-state index contributed by atoms with van der Waals surface area (Å²) in [6.07, 6.45) is 2.38. The van der Waals surface area contributed by atoms with Gasteiger partial charge in [-0.2, -0.15) is 10.5 Å². The molecule has 0 saturated heterocycles. The third kappa shape index (κ3) is 2.59. The molecule has 2 rings (SSSR count). The zero-order chi connectivity index (χ0) is 14.5. The van der Waals surface area contributed by atoms with E-state index >= 15 is 0 Å². The Kier molecular flexibility index (Phi) is 4.24. The number of thioether (sulfide) groups is 1. The summed E-state index contributed by atoms with van der Waals surface area (Å²) < 4.78 is 0. The maximum Gasteiger partial charge on any atom is 0.289 e. The fourth-order valence-electron chi connectivity index (χ4n) is 2.05. The van der Waals surface area contributed by atoms with Crippen LogP contribution in [0.15, 0.2) is 35.4 Å². The molecule has 0 saturated carbocycles. The van der Waals surface area contributed by atoms with Crippen LogP contribution < -0.4 is 10.7 Å². The van der Waals surface area contributed by atoms with Gasteiger partial charge in [0.15, 0.2) is 5.03 Å². The number of nitrogens with zero attached hydrogens (tertiary/aromatic N) is 2. The lowest BCUT2D eigenvalue weighted by Gasteiger charge is -2.08. The zero-order valence-electron chi connectivity index (χ0n) is 11.0. The number of hydrogen-bond acceptors (Lipinski definition) is 4. The Morgan fingerprint density at radius 2 is 1.80 bits per heavy atom. The molecule has 0 spiro atoms. The molecule has 2 aromatic rings. The van der Waals surface area contributed by atoms with Crippen molar-refractivity contribution < 1.29 is 4.98 Å². The van der Waals surface area contributed by atoms with Gasteiger partial charge in [0, 0.05) is 12.0 Å². The Balaban J connectivity index is 2.64. The number of anilines is 1. The van der Waals surface area contributed by atoms with Crippen molar-refractivity contribution in [2.45, 2.75) is 11.4 Å². The number of nitriles is 2. The molecule has 0 aliphatic heterocycles. The Hall–Kier alpha value is -2.50. The van der Waals surface area contributed by atoms with Crippen LogP contribution in [0.1, 0.15) is 22.3 Å². The lowest BCUT2D eigenvalue weighted by Crippen LogP contribution is -2.19. The fourth-order valence-corrected chi connectivity index (χ4v) is 2.63. The minimum Gasteiger partial charge on any atom is -0.286 e. The topological polar surface area (TPSA) is 87.7 Å². The molecule has 1 aromatic carbocycles. The molecule has 0 atom stereocenters. The van der Waals surface area contributed by atoms with Crippen LogP contribution in [0.5, 0.6) is 0 Å². The highest BCUT2D eigenvalue weighted by atomic mass is 32.2. The Morgan fingerprint density at radius 1 is 1.15 bits per heavy atom. The minimum absolute atomic E-state index is 0.307. The third-order valence-corrected chi connectivity index (χ3v) is 3.71. The molecule has 0 bridgehead atoms. The number of H-pyrrole nitrogens is 1. The van der Waals surface area contributed by atoms with Gasteiger partial charge in [0.1, 0.15) is 23.3 Å². The second-order valence-corrected chi connectivity index (χ2v) is 5.00. The first kappa shape index (κ1) is 13.9. The maximum absolute atomic E-state index is 9.39. The average Bonchev–Trinajstić information content (AvgIpc) is 2.48. The first-order valence-electron chi connectivity index (χ1n) is 5.97. The molecule has 4 nitrogen and oxygen atoms in total. The number of rotatable bonds is 3. The number of aromatic amines is 1. The van der Waals surface area contributed by atoms with E-state index in [4.69, 9.17) is 5.73 Å². The molecule has 3 N–H and O–H groups in total. The van der Waals surface area contributed by atoms with Gasteiger partial charge in [-0.25, -0.2) is 4.98 Å². The van der Waals surface area contributed by atoms with Gasteiger partial charge in [-0.05, 0) is 11.8 Å². The number of nitrogens with two attached hydrogens (primary N) is 1. The lowest BCUT2D eigenvalue weighted by molar-refractivity contribution is -0.410. The second kappa shape index (κ2) is 6.10. The van der Waals surface area contributed by atoms with E-state index in [0.29, 0.717) is 34.0 Å². The van der Waals surface area contributed by atoms with Gasteiger partial charge >= 0.3 is 0 Å². The summed E-state index contributed by atoms with van der Waals surface area (Å²) in [6.45, 7) is 0. The van der Waals surface area contributed by atoms with Gasteiger partial charge in [0.05, 0.1) is 0 Å². The fraction of sp³-hybridized carbons (Fsp3) is 0.133. The molecule has 0 aliphatic rings. The molecule has 0 unspecified atom stereocenters. The van der Waals surface area contributed by atoms with E-state index in [0.717, 1.165) is 5.56 Å². The third-order valence-electron chi connectivity index (χ3n) is 3.00. The largest absolute Gasteiger partial charge is 0.289 e. The number of aromatic nitrogens is 1. The highest BCUT2D eigenvalue weighted by Crippen LogP contribution is 2.26. The monoisotopic (exact) mass is 281 g/mol. The Morgan fingerprint density at radius 3 is 2.35 bits per heavy atom. The summed E-state index contributed by atoms with van der Waals surface area (Å²) in [5, 5.41) is 19.4. The maximum atomic E-state index is 9.39. The van der Waals surface area contributed by atoms with Crippen molar-refractivity contribution in [2.24, 2.45) is 0 Å². The lowest BCUT2D eigenvalue weighted by atomic mass is 9.97. The molecular weight excluding hydrogens is 268 g/mol. The number of hydrogen-bond donors (Lipinski definition) is 1. The van der Waals surface area contributed by atoms with Gasteiger partial charge in [0.25, 0.3) is 5.82 Å². The number of benzene rings is 1. The molecule has 5 heteroatoms. The first-order chi connectivity index (χ1) is 9.71. The zero-order valence-corrected chi connectivity index (χ0v) is 11.8. The molecule has 1 aromatic heterocycles. The number of pyridine rings is 1. The van der Waals surface area contributed by atoms with Crippen molar-refractivity contribution in [2.75, 3.05) is 12.0 Å². The van der Waals surface area contributed by atoms with Crippen LogP contribution in [0.4, 0.5) is 5.82 Å². The van der Waals surface area contributed by atoms with Crippen molar-refractivity contribution in [3.05, 3.63) is 52.6 Å². The summed E-state index contributed by atoms with van der Waals surface area (Å²) in [6, 6.07) is 14.0. The molecular formula is C15H13N4S+. The molecule has 0 radical (unpaired) electrons. The van der Waals surface area contributed by atoms with E-state index in [1.54, 1.807) is 0 Å². The summed E-state index contributed by atoms with van der Waals surface area (Å²) in [5.41, 5.74) is 8.45. The van der Waals surface area contributed by atoms with Crippen LogP contribution >= 0.6 is 11.8 Å². The van der Waals surface area contributed by atoms with E-state index < -0.39 is 0 Å². The summed E-state index contributed by atoms with van der Waals surface area (Å²) >= 11 is 1.41. The predicted octanol–water partition coefficient (Wildman–Crippen LogP) is 2.14. The molecule has 20 heavy (non-hydrogen) atoms. The van der Waals surface area contributed by atoms with E-state index in [9.17, 15) is 10.5 Å². The van der Waals surface area contributed by atoms with Crippen molar-refractivity contribution in [3.63, 3.8) is 0 Å². The molecule has 1 heterocycles. The van der Waals surface area contributed by atoms with Gasteiger partial charge in [0.2, 0.25) is 0 Å². The second-order valence-electron chi connectivity index (χ2n) is 4.19. The highest BCUT2D eigenvalue weighted by molar-refractivity contribution is 7.98. The minimum atomic E-state index is 0.307. The Bertz CT molecular complexity index is 711. The molecule has 0 aliphatic carbocycles. The summed E-state index contributed by atoms with van der Waals surface area (Å²) in [7, 11) is 0. The Labute approximate surface area is 121 Å². The van der Waals surface area contributed by atoms with E-state index in [1.807, 2.05) is 36.6 Å². The van der Waals surface area contributed by atoms with E-state index in [2.05, 4.69) is 17.1 Å². The quantitative estimate of drug-likeness (QED) is 0.873. The normalized spacial score (nSPS) is 9.75. The van der Waals surface area contributed by atoms with Crippen molar-refractivity contribution in [1.82, 2.24) is 0 Å². The van der Waals surface area contributed by atoms with Crippen LogP contribution in [-0.2, 0) is 6.42 Å². The van der Waals surface area contributed by atoms with Gasteiger partial charge in [-0.15, -0.1) is 0 Å². The smallest absolute Gasteiger partial charge is 0.286 e. The number of nitrogens with one attached hydrogen (secondary N) is 1. The predicted molar refractivity (Wildman–Crippen MR) is 77.9 cm³/mol. The van der Waals surface area contributed by atoms with Crippen molar-refractivity contribution in [1.29, 1.82) is 10.5 Å². The first-order valence-corrected chi connectivity index (χ1v) is 7.19. The van der Waals surface area contributed by atoms with E-state index in [-0.39, 0.29) is 0 Å². The van der Waals surface area contributed by atoms with Crippen LogP contribution in [0.2, 0.25) is 0 Å². The van der Waals surface area contributed by atoms with Gasteiger partial charge in [-0.1, -0.05) is 42.1 Å². The van der Waals surface area contributed by atoms with Crippen molar-refractivity contribution >= 4 is 17.6 Å². The van der Waals surface area contributed by atoms with Crippen LogP contribution in [0, 0.1) is 22.7 Å². The highest BCUT2D eigenvalue weighted by Gasteiger charge is 2.21. The van der Waals surface area contributed by atoms with Crippen LogP contribution in [0.25, 0.3) is 0 Å². The van der Waals surface area contributed by atoms with Crippen LogP contribution in [0.3, 0.4) is 0 Å². The molecule has 0 fully saturated rings. The summed E-state index contributed by atoms with van der Waals surface area (Å²) in [5.74, 6) is 0.307. The number of nitrogen functional groups attached to an aromatic ring is 1. The van der Waals surface area contributed by atoms with E-state index in [1.165, 1.54) is 11.8 Å². The van der Waals surface area contributed by atoms with Gasteiger partial charge in [-0.3, -0.25) is 5.73 Å². The van der Waals surface area contributed by atoms with Crippen LogP contribution in [-0.4, -0.2) is 6.26 Å².